The number of benzene rings is 3. The second-order valence-corrected chi connectivity index (χ2v) is 5.80. The first-order valence-corrected chi connectivity index (χ1v) is 8.21. The van der Waals surface area contributed by atoms with Crippen molar-refractivity contribution in [2.75, 3.05) is 19.0 Å². The van der Waals surface area contributed by atoms with Gasteiger partial charge >= 0.3 is 5.97 Å². The summed E-state index contributed by atoms with van der Waals surface area (Å²) in [6.45, 7) is -0.324. The predicted octanol–water partition coefficient (Wildman–Crippen LogP) is 3.57. The van der Waals surface area contributed by atoms with Gasteiger partial charge < -0.3 is 14.8 Å². The standard InChI is InChI=1S/C21H19NO4/c1-25-19-8-4-5-15(11-19)12-21(24)26-14-20(23)22-18-10-9-16-6-2-3-7-17(16)13-18/h2-11,13H,12,14H2,1H3,(H,22,23). The molecule has 0 heterocycles. The minimum atomic E-state index is -0.466. The first-order valence-electron chi connectivity index (χ1n) is 8.21. The summed E-state index contributed by atoms with van der Waals surface area (Å²) >= 11 is 0. The Labute approximate surface area is 151 Å². The number of esters is 1. The number of carbonyl (C=O) groups is 2. The molecule has 132 valence electrons. The summed E-state index contributed by atoms with van der Waals surface area (Å²) in [4.78, 5) is 23.9. The molecule has 0 aliphatic heterocycles. The lowest BCUT2D eigenvalue weighted by molar-refractivity contribution is -0.146. The number of hydrogen-bond acceptors (Lipinski definition) is 4. The highest BCUT2D eigenvalue weighted by Gasteiger charge is 2.10. The molecule has 3 rings (SSSR count). The molecule has 0 aliphatic rings. The molecule has 0 unspecified atom stereocenters. The van der Waals surface area contributed by atoms with E-state index >= 15 is 0 Å². The van der Waals surface area contributed by atoms with Crippen LogP contribution >= 0.6 is 0 Å². The molecule has 0 aliphatic carbocycles. The molecule has 0 aromatic heterocycles. The number of anilines is 1. The maximum absolute atomic E-state index is 12.0. The van der Waals surface area contributed by atoms with Crippen molar-refractivity contribution >= 4 is 28.3 Å². The molecular weight excluding hydrogens is 330 g/mol. The molecular formula is C21H19NO4. The van der Waals surface area contributed by atoms with Gasteiger partial charge in [0.05, 0.1) is 13.5 Å². The Kier molecular flexibility index (Phi) is 5.49. The van der Waals surface area contributed by atoms with E-state index in [4.69, 9.17) is 9.47 Å². The Morgan fingerprint density at radius 3 is 2.54 bits per heavy atom. The Morgan fingerprint density at radius 2 is 1.73 bits per heavy atom. The van der Waals surface area contributed by atoms with Gasteiger partial charge in [-0.15, -0.1) is 0 Å². The lowest BCUT2D eigenvalue weighted by Crippen LogP contribution is -2.21. The van der Waals surface area contributed by atoms with Crippen LogP contribution in [0.3, 0.4) is 0 Å². The summed E-state index contributed by atoms with van der Waals surface area (Å²) in [5, 5.41) is 4.86. The van der Waals surface area contributed by atoms with Crippen LogP contribution in [0.5, 0.6) is 5.75 Å². The summed E-state index contributed by atoms with van der Waals surface area (Å²) in [7, 11) is 1.56. The smallest absolute Gasteiger partial charge is 0.310 e. The van der Waals surface area contributed by atoms with E-state index in [0.29, 0.717) is 11.4 Å². The van der Waals surface area contributed by atoms with E-state index < -0.39 is 5.97 Å². The molecule has 0 spiro atoms. The van der Waals surface area contributed by atoms with Gasteiger partial charge in [-0.25, -0.2) is 0 Å². The van der Waals surface area contributed by atoms with E-state index in [1.54, 1.807) is 31.4 Å². The van der Waals surface area contributed by atoms with E-state index in [2.05, 4.69) is 5.32 Å². The number of ether oxygens (including phenoxy) is 2. The lowest BCUT2D eigenvalue weighted by Gasteiger charge is -2.08. The molecule has 26 heavy (non-hydrogen) atoms. The van der Waals surface area contributed by atoms with Crippen molar-refractivity contribution in [2.45, 2.75) is 6.42 Å². The number of nitrogens with one attached hydrogen (secondary N) is 1. The first-order chi connectivity index (χ1) is 12.6. The fourth-order valence-corrected chi connectivity index (χ4v) is 2.61. The van der Waals surface area contributed by atoms with Gasteiger partial charge in [0.1, 0.15) is 5.75 Å². The first kappa shape index (κ1) is 17.5. The van der Waals surface area contributed by atoms with Crippen molar-refractivity contribution in [3.05, 3.63) is 72.3 Å². The number of amides is 1. The van der Waals surface area contributed by atoms with Gasteiger partial charge in [-0.3, -0.25) is 9.59 Å². The van der Waals surface area contributed by atoms with Gasteiger partial charge in [-0.1, -0.05) is 42.5 Å². The zero-order valence-corrected chi connectivity index (χ0v) is 14.4. The largest absolute Gasteiger partial charge is 0.497 e. The van der Waals surface area contributed by atoms with E-state index in [9.17, 15) is 9.59 Å². The van der Waals surface area contributed by atoms with Crippen LogP contribution in [0.15, 0.2) is 66.7 Å². The van der Waals surface area contributed by atoms with Crippen molar-refractivity contribution in [3.63, 3.8) is 0 Å². The molecule has 5 heteroatoms. The van der Waals surface area contributed by atoms with Crippen molar-refractivity contribution in [3.8, 4) is 5.75 Å². The van der Waals surface area contributed by atoms with Crippen LogP contribution in [0.2, 0.25) is 0 Å². The molecule has 0 saturated heterocycles. The average molecular weight is 349 g/mol. The summed E-state index contributed by atoms with van der Waals surface area (Å²) in [6, 6.07) is 20.7. The highest BCUT2D eigenvalue weighted by atomic mass is 16.5. The van der Waals surface area contributed by atoms with E-state index in [1.165, 1.54) is 0 Å². The lowest BCUT2D eigenvalue weighted by atomic mass is 10.1. The van der Waals surface area contributed by atoms with Gasteiger partial charge in [0.15, 0.2) is 6.61 Å². The molecule has 3 aromatic rings. The zero-order valence-electron chi connectivity index (χ0n) is 14.4. The van der Waals surface area contributed by atoms with Gasteiger partial charge in [0.2, 0.25) is 0 Å². The molecule has 5 nitrogen and oxygen atoms in total. The van der Waals surface area contributed by atoms with Crippen LogP contribution in [-0.4, -0.2) is 25.6 Å². The maximum Gasteiger partial charge on any atom is 0.310 e. The predicted molar refractivity (Wildman–Crippen MR) is 100 cm³/mol. The van der Waals surface area contributed by atoms with Crippen LogP contribution in [0.4, 0.5) is 5.69 Å². The molecule has 0 saturated carbocycles. The summed E-state index contributed by atoms with van der Waals surface area (Å²) in [5.74, 6) is -0.171. The maximum atomic E-state index is 12.0. The fraction of sp³-hybridized carbons (Fsp3) is 0.143. The normalized spacial score (nSPS) is 10.3. The van der Waals surface area contributed by atoms with Crippen LogP contribution in [0.1, 0.15) is 5.56 Å². The molecule has 0 atom stereocenters. The number of methoxy groups -OCH3 is 1. The van der Waals surface area contributed by atoms with Crippen LogP contribution in [-0.2, 0) is 20.7 Å². The Morgan fingerprint density at radius 1 is 0.923 bits per heavy atom. The third-order valence-corrected chi connectivity index (χ3v) is 3.88. The van der Waals surface area contributed by atoms with Gasteiger partial charge in [0.25, 0.3) is 5.91 Å². The van der Waals surface area contributed by atoms with Crippen LogP contribution in [0.25, 0.3) is 10.8 Å². The SMILES string of the molecule is COc1cccc(CC(=O)OCC(=O)Nc2ccc3ccccc3c2)c1. The molecule has 3 aromatic carbocycles. The van der Waals surface area contributed by atoms with Crippen molar-refractivity contribution in [2.24, 2.45) is 0 Å². The number of hydrogen-bond donors (Lipinski definition) is 1. The number of fused-ring (bicyclic) bond motifs is 1. The minimum Gasteiger partial charge on any atom is -0.497 e. The molecule has 0 bridgehead atoms. The monoisotopic (exact) mass is 349 g/mol. The third-order valence-electron chi connectivity index (χ3n) is 3.88. The van der Waals surface area contributed by atoms with Crippen molar-refractivity contribution < 1.29 is 19.1 Å². The van der Waals surface area contributed by atoms with Crippen LogP contribution in [0, 0.1) is 0 Å². The zero-order chi connectivity index (χ0) is 18.4. The van der Waals surface area contributed by atoms with Crippen molar-refractivity contribution in [1.82, 2.24) is 0 Å². The molecule has 1 N–H and O–H groups in total. The van der Waals surface area contributed by atoms with Gasteiger partial charge in [-0.05, 0) is 40.6 Å². The third kappa shape index (κ3) is 4.60. The van der Waals surface area contributed by atoms with Gasteiger partial charge in [0, 0.05) is 5.69 Å². The van der Waals surface area contributed by atoms with Gasteiger partial charge in [-0.2, -0.15) is 0 Å². The average Bonchev–Trinajstić information content (AvgIpc) is 2.66. The fourth-order valence-electron chi connectivity index (χ4n) is 2.61. The Hall–Kier alpha value is -3.34. The Bertz CT molecular complexity index is 936. The summed E-state index contributed by atoms with van der Waals surface area (Å²) in [6.07, 6.45) is 0.0838. The van der Waals surface area contributed by atoms with E-state index in [0.717, 1.165) is 16.3 Å². The molecule has 0 fully saturated rings. The highest BCUT2D eigenvalue weighted by molar-refractivity contribution is 5.95. The highest BCUT2D eigenvalue weighted by Crippen LogP contribution is 2.18. The molecule has 0 radical (unpaired) electrons. The van der Waals surface area contributed by atoms with E-state index in [-0.39, 0.29) is 18.9 Å². The second-order valence-electron chi connectivity index (χ2n) is 5.80. The second kappa shape index (κ2) is 8.16. The minimum absolute atomic E-state index is 0.0838. The van der Waals surface area contributed by atoms with E-state index in [1.807, 2.05) is 42.5 Å². The summed E-state index contributed by atoms with van der Waals surface area (Å²) in [5.41, 5.74) is 1.43. The number of carbonyl (C=O) groups excluding carboxylic acids is 2. The molecule has 1 amide bonds. The Balaban J connectivity index is 1.51. The summed E-state index contributed by atoms with van der Waals surface area (Å²) < 4.78 is 10.2. The van der Waals surface area contributed by atoms with Crippen molar-refractivity contribution in [1.29, 1.82) is 0 Å². The number of rotatable bonds is 6. The van der Waals surface area contributed by atoms with Crippen LogP contribution < -0.4 is 10.1 Å². The quantitative estimate of drug-likeness (QED) is 0.691. The topological polar surface area (TPSA) is 64.6 Å².